The first kappa shape index (κ1) is 16.2. The van der Waals surface area contributed by atoms with Gasteiger partial charge in [0.25, 0.3) is 0 Å². The van der Waals surface area contributed by atoms with Crippen molar-refractivity contribution in [2.24, 2.45) is 7.05 Å². The maximum atomic E-state index is 4.49. The Balaban J connectivity index is 2.29. The Morgan fingerprint density at radius 2 is 1.95 bits per heavy atom. The van der Waals surface area contributed by atoms with Crippen molar-refractivity contribution >= 4 is 0 Å². The van der Waals surface area contributed by atoms with Gasteiger partial charge in [0.15, 0.2) is 0 Å². The normalized spacial score (nSPS) is 12.8. The Kier molecular flexibility index (Phi) is 8.55. The standard InChI is InChI=1S/C16H31N3/c1-4-6-7-8-9-10-15(17-12-5-2)14-16-11-13-19(3)18-16/h11,13,15,17H,4-10,12,14H2,1-3H3. The Morgan fingerprint density at radius 3 is 2.58 bits per heavy atom. The first-order valence-corrected chi connectivity index (χ1v) is 7.98. The lowest BCUT2D eigenvalue weighted by atomic mass is 10.0. The van der Waals surface area contributed by atoms with Gasteiger partial charge < -0.3 is 5.32 Å². The summed E-state index contributed by atoms with van der Waals surface area (Å²) in [5, 5.41) is 8.16. The first-order valence-electron chi connectivity index (χ1n) is 7.98. The quantitative estimate of drug-likeness (QED) is 0.618. The molecule has 1 unspecified atom stereocenters. The third-order valence-electron chi connectivity index (χ3n) is 3.56. The monoisotopic (exact) mass is 265 g/mol. The summed E-state index contributed by atoms with van der Waals surface area (Å²) in [7, 11) is 1.99. The molecule has 0 fully saturated rings. The summed E-state index contributed by atoms with van der Waals surface area (Å²) in [5.41, 5.74) is 1.21. The highest BCUT2D eigenvalue weighted by molar-refractivity contribution is 5.01. The predicted octanol–water partition coefficient (Wildman–Crippen LogP) is 3.69. The van der Waals surface area contributed by atoms with Crippen molar-refractivity contribution in [3.05, 3.63) is 18.0 Å². The topological polar surface area (TPSA) is 29.9 Å². The third kappa shape index (κ3) is 7.36. The smallest absolute Gasteiger partial charge is 0.0639 e. The molecule has 0 amide bonds. The summed E-state index contributed by atoms with van der Waals surface area (Å²) in [5.74, 6) is 0. The maximum absolute atomic E-state index is 4.49. The average Bonchev–Trinajstić information content (AvgIpc) is 2.81. The molecular weight excluding hydrogens is 234 g/mol. The summed E-state index contributed by atoms with van der Waals surface area (Å²) in [4.78, 5) is 0. The molecule has 0 aliphatic carbocycles. The molecule has 110 valence electrons. The summed E-state index contributed by atoms with van der Waals surface area (Å²) < 4.78 is 1.90. The van der Waals surface area contributed by atoms with Crippen molar-refractivity contribution in [2.75, 3.05) is 6.54 Å². The van der Waals surface area contributed by atoms with Crippen LogP contribution in [-0.2, 0) is 13.5 Å². The van der Waals surface area contributed by atoms with Crippen molar-refractivity contribution in [1.82, 2.24) is 15.1 Å². The SMILES string of the molecule is CCCCCCCC(Cc1ccn(C)n1)NCCC. The van der Waals surface area contributed by atoms with E-state index in [0.29, 0.717) is 6.04 Å². The lowest BCUT2D eigenvalue weighted by molar-refractivity contribution is 0.447. The van der Waals surface area contributed by atoms with Gasteiger partial charge >= 0.3 is 0 Å². The summed E-state index contributed by atoms with van der Waals surface area (Å²) in [6.45, 7) is 5.62. The van der Waals surface area contributed by atoms with Crippen LogP contribution >= 0.6 is 0 Å². The van der Waals surface area contributed by atoms with Crippen molar-refractivity contribution in [2.45, 2.75) is 71.3 Å². The van der Waals surface area contributed by atoms with Crippen molar-refractivity contribution in [3.63, 3.8) is 0 Å². The number of hydrogen-bond acceptors (Lipinski definition) is 2. The van der Waals surface area contributed by atoms with E-state index in [4.69, 9.17) is 0 Å². The van der Waals surface area contributed by atoms with Crippen LogP contribution in [-0.4, -0.2) is 22.4 Å². The van der Waals surface area contributed by atoms with E-state index in [2.05, 4.69) is 30.3 Å². The molecule has 3 heteroatoms. The molecule has 1 rings (SSSR count). The molecule has 0 aromatic carbocycles. The molecule has 0 bridgehead atoms. The van der Waals surface area contributed by atoms with E-state index in [1.165, 1.54) is 50.6 Å². The first-order chi connectivity index (χ1) is 9.26. The summed E-state index contributed by atoms with van der Waals surface area (Å²) in [6, 6.07) is 2.73. The van der Waals surface area contributed by atoms with Crippen LogP contribution in [0.2, 0.25) is 0 Å². The Bertz CT molecular complexity index is 320. The molecule has 1 heterocycles. The van der Waals surface area contributed by atoms with Crippen molar-refractivity contribution < 1.29 is 0 Å². The van der Waals surface area contributed by atoms with Crippen LogP contribution in [0.15, 0.2) is 12.3 Å². The lowest BCUT2D eigenvalue weighted by Crippen LogP contribution is -2.32. The van der Waals surface area contributed by atoms with E-state index in [-0.39, 0.29) is 0 Å². The van der Waals surface area contributed by atoms with Gasteiger partial charge in [0.05, 0.1) is 5.69 Å². The molecule has 0 radical (unpaired) electrons. The molecule has 1 atom stereocenters. The number of rotatable bonds is 11. The second-order valence-electron chi connectivity index (χ2n) is 5.54. The lowest BCUT2D eigenvalue weighted by Gasteiger charge is -2.17. The van der Waals surface area contributed by atoms with Gasteiger partial charge in [-0.3, -0.25) is 4.68 Å². The number of nitrogens with one attached hydrogen (secondary N) is 1. The number of aromatic nitrogens is 2. The molecule has 0 aliphatic rings. The third-order valence-corrected chi connectivity index (χ3v) is 3.56. The fourth-order valence-electron chi connectivity index (χ4n) is 2.44. The average molecular weight is 265 g/mol. The minimum atomic E-state index is 0.594. The fraction of sp³-hybridized carbons (Fsp3) is 0.812. The summed E-state index contributed by atoms with van der Waals surface area (Å²) in [6.07, 6.45) is 12.4. The van der Waals surface area contributed by atoms with Gasteiger partial charge in [-0.15, -0.1) is 0 Å². The van der Waals surface area contributed by atoms with Gasteiger partial charge in [0, 0.05) is 25.7 Å². The van der Waals surface area contributed by atoms with Crippen LogP contribution in [0.3, 0.4) is 0 Å². The van der Waals surface area contributed by atoms with Gasteiger partial charge in [-0.25, -0.2) is 0 Å². The van der Waals surface area contributed by atoms with E-state index < -0.39 is 0 Å². The molecule has 3 nitrogen and oxygen atoms in total. The number of aryl methyl sites for hydroxylation is 1. The highest BCUT2D eigenvalue weighted by atomic mass is 15.2. The number of nitrogens with zero attached hydrogens (tertiary/aromatic N) is 2. The molecule has 1 N–H and O–H groups in total. The van der Waals surface area contributed by atoms with Crippen LogP contribution < -0.4 is 5.32 Å². The van der Waals surface area contributed by atoms with E-state index in [1.54, 1.807) is 0 Å². The fourth-order valence-corrected chi connectivity index (χ4v) is 2.44. The molecular formula is C16H31N3. The van der Waals surface area contributed by atoms with Gasteiger partial charge in [-0.2, -0.15) is 5.10 Å². The molecule has 0 saturated carbocycles. The van der Waals surface area contributed by atoms with Crippen LogP contribution in [0.1, 0.15) is 64.5 Å². The summed E-state index contributed by atoms with van der Waals surface area (Å²) >= 11 is 0. The largest absolute Gasteiger partial charge is 0.314 e. The molecule has 0 saturated heterocycles. The van der Waals surface area contributed by atoms with Crippen LogP contribution in [0.4, 0.5) is 0 Å². The highest BCUT2D eigenvalue weighted by Gasteiger charge is 2.10. The molecule has 1 aromatic rings. The molecule has 0 spiro atoms. The van der Waals surface area contributed by atoms with E-state index in [9.17, 15) is 0 Å². The van der Waals surface area contributed by atoms with Crippen LogP contribution in [0.5, 0.6) is 0 Å². The van der Waals surface area contributed by atoms with E-state index >= 15 is 0 Å². The Labute approximate surface area is 118 Å². The van der Waals surface area contributed by atoms with Gasteiger partial charge in [-0.1, -0.05) is 46.0 Å². The van der Waals surface area contributed by atoms with Crippen molar-refractivity contribution in [3.8, 4) is 0 Å². The van der Waals surface area contributed by atoms with E-state index in [1.807, 2.05) is 17.9 Å². The van der Waals surface area contributed by atoms with Crippen LogP contribution in [0.25, 0.3) is 0 Å². The van der Waals surface area contributed by atoms with Gasteiger partial charge in [0.2, 0.25) is 0 Å². The predicted molar refractivity (Wildman–Crippen MR) is 82.4 cm³/mol. The molecule has 1 aromatic heterocycles. The highest BCUT2D eigenvalue weighted by Crippen LogP contribution is 2.10. The molecule has 0 aliphatic heterocycles. The van der Waals surface area contributed by atoms with E-state index in [0.717, 1.165) is 13.0 Å². The van der Waals surface area contributed by atoms with Crippen LogP contribution in [0, 0.1) is 0 Å². The van der Waals surface area contributed by atoms with Crippen molar-refractivity contribution in [1.29, 1.82) is 0 Å². The molecule has 19 heavy (non-hydrogen) atoms. The zero-order chi connectivity index (χ0) is 13.9. The number of unbranched alkanes of at least 4 members (excludes halogenated alkanes) is 4. The zero-order valence-electron chi connectivity index (χ0n) is 13.0. The number of hydrogen-bond donors (Lipinski definition) is 1. The Morgan fingerprint density at radius 1 is 1.16 bits per heavy atom. The van der Waals surface area contributed by atoms with Gasteiger partial charge in [0.1, 0.15) is 0 Å². The minimum absolute atomic E-state index is 0.594. The second kappa shape index (κ2) is 10.0. The second-order valence-corrected chi connectivity index (χ2v) is 5.54. The van der Waals surface area contributed by atoms with Gasteiger partial charge in [-0.05, 0) is 25.5 Å². The zero-order valence-corrected chi connectivity index (χ0v) is 13.0. The Hall–Kier alpha value is -0.830. The minimum Gasteiger partial charge on any atom is -0.314 e. The maximum Gasteiger partial charge on any atom is 0.0639 e.